The molecule has 0 spiro atoms. The summed E-state index contributed by atoms with van der Waals surface area (Å²) in [7, 11) is -7.66. The minimum absolute atomic E-state index is 0.206. The molecule has 2 aliphatic rings. The van der Waals surface area contributed by atoms with Crippen LogP contribution in [0.2, 0.25) is 0 Å². The summed E-state index contributed by atoms with van der Waals surface area (Å²) in [6, 6.07) is 0. The molecule has 2 rings (SSSR count). The van der Waals surface area contributed by atoms with E-state index in [4.69, 9.17) is 4.52 Å². The molecule has 0 aromatic rings. The van der Waals surface area contributed by atoms with Gasteiger partial charge in [0.15, 0.2) is 0 Å². The van der Waals surface area contributed by atoms with Crippen molar-refractivity contribution in [2.45, 2.75) is 84.5 Å². The molecule has 0 aliphatic heterocycles. The lowest BCUT2D eigenvalue weighted by Gasteiger charge is -2.23. The van der Waals surface area contributed by atoms with Gasteiger partial charge in [-0.15, -0.1) is 0 Å². The molecule has 2 fully saturated rings. The molecule has 7 heteroatoms. The molecular formula is C28H48O5P2. The maximum absolute atomic E-state index is 12.3. The molecule has 0 amide bonds. The van der Waals surface area contributed by atoms with Crippen LogP contribution in [-0.2, 0) is 13.7 Å². The van der Waals surface area contributed by atoms with E-state index in [0.29, 0.717) is 17.8 Å². The van der Waals surface area contributed by atoms with E-state index in [1.54, 1.807) is 0 Å². The zero-order valence-electron chi connectivity index (χ0n) is 22.1. The lowest BCUT2D eigenvalue weighted by molar-refractivity contribution is 0.236. The van der Waals surface area contributed by atoms with Crippen molar-refractivity contribution in [1.82, 2.24) is 0 Å². The van der Waals surface area contributed by atoms with Crippen LogP contribution in [0.1, 0.15) is 84.5 Å². The van der Waals surface area contributed by atoms with Gasteiger partial charge in [0.25, 0.3) is 0 Å². The Morgan fingerprint density at radius 2 is 1.51 bits per heavy atom. The van der Waals surface area contributed by atoms with Crippen molar-refractivity contribution in [2.75, 3.05) is 19.2 Å². The van der Waals surface area contributed by atoms with Crippen LogP contribution in [0.5, 0.6) is 0 Å². The molecule has 2 N–H and O–H groups in total. The van der Waals surface area contributed by atoms with Crippen LogP contribution in [0.3, 0.4) is 0 Å². The van der Waals surface area contributed by atoms with E-state index in [1.807, 2.05) is 0 Å². The first-order valence-electron chi connectivity index (χ1n) is 13.6. The molecule has 2 aliphatic carbocycles. The molecule has 200 valence electrons. The average molecular weight is 527 g/mol. The van der Waals surface area contributed by atoms with Gasteiger partial charge in [-0.1, -0.05) is 62.0 Å². The summed E-state index contributed by atoms with van der Waals surface area (Å²) < 4.78 is 29.3. The van der Waals surface area contributed by atoms with Crippen molar-refractivity contribution < 1.29 is 23.4 Å². The Morgan fingerprint density at radius 3 is 2.14 bits per heavy atom. The number of rotatable bonds is 17. The number of fused-ring (bicyclic) bond motifs is 1. The van der Waals surface area contributed by atoms with Crippen LogP contribution < -0.4 is 0 Å². The van der Waals surface area contributed by atoms with E-state index in [-0.39, 0.29) is 12.5 Å². The van der Waals surface area contributed by atoms with E-state index < -0.39 is 20.9 Å². The summed E-state index contributed by atoms with van der Waals surface area (Å²) in [6.45, 7) is 5.62. The van der Waals surface area contributed by atoms with Crippen molar-refractivity contribution in [3.05, 3.63) is 48.1 Å². The van der Waals surface area contributed by atoms with Crippen molar-refractivity contribution in [3.8, 4) is 0 Å². The Bertz CT molecular complexity index is 838. The molecule has 0 heterocycles. The zero-order valence-corrected chi connectivity index (χ0v) is 23.8. The van der Waals surface area contributed by atoms with Gasteiger partial charge >= 0.3 is 7.60 Å². The van der Waals surface area contributed by atoms with Gasteiger partial charge in [0.05, 0.1) is 6.61 Å². The quantitative estimate of drug-likeness (QED) is 0.113. The second-order valence-electron chi connectivity index (χ2n) is 10.3. The number of hydrogen-bond donors (Lipinski definition) is 2. The smallest absolute Gasteiger partial charge is 0.337 e. The lowest BCUT2D eigenvalue weighted by Crippen LogP contribution is -2.12. The topological polar surface area (TPSA) is 83.8 Å². The molecule has 0 aromatic heterocycles. The Morgan fingerprint density at radius 1 is 0.914 bits per heavy atom. The highest BCUT2D eigenvalue weighted by atomic mass is 31.2. The number of allylic oxidation sites excluding steroid dienone is 8. The highest BCUT2D eigenvalue weighted by Crippen LogP contribution is 2.63. The van der Waals surface area contributed by atoms with Crippen molar-refractivity contribution >= 4 is 15.0 Å². The van der Waals surface area contributed by atoms with Gasteiger partial charge in [-0.2, -0.15) is 0 Å². The molecule has 6 unspecified atom stereocenters. The first-order valence-corrected chi connectivity index (χ1v) is 17.6. The maximum Gasteiger partial charge on any atom is 0.337 e. The second-order valence-corrected chi connectivity index (χ2v) is 15.1. The summed E-state index contributed by atoms with van der Waals surface area (Å²) in [5, 5.41) is 0. The Kier molecular flexibility index (Phi) is 13.5. The summed E-state index contributed by atoms with van der Waals surface area (Å²) >= 11 is 0. The molecule has 2 saturated carbocycles. The van der Waals surface area contributed by atoms with E-state index in [1.165, 1.54) is 24.8 Å². The molecule has 6 atom stereocenters. The predicted molar refractivity (Wildman–Crippen MR) is 148 cm³/mol. The van der Waals surface area contributed by atoms with Gasteiger partial charge in [-0.3, -0.25) is 9.13 Å². The molecule has 0 radical (unpaired) electrons. The Labute approximate surface area is 213 Å². The number of unbranched alkanes of at least 4 members (excludes halogenated alkanes) is 3. The van der Waals surface area contributed by atoms with Crippen LogP contribution in [0, 0.1) is 23.7 Å². The third-order valence-electron chi connectivity index (χ3n) is 7.07. The molecular weight excluding hydrogens is 478 g/mol. The first-order chi connectivity index (χ1) is 16.7. The first kappa shape index (κ1) is 30.5. The molecule has 0 saturated heterocycles. The third kappa shape index (κ3) is 11.9. The van der Waals surface area contributed by atoms with Crippen LogP contribution in [0.15, 0.2) is 48.1 Å². The third-order valence-corrected chi connectivity index (χ3v) is 11.2. The van der Waals surface area contributed by atoms with E-state index >= 15 is 0 Å². The van der Waals surface area contributed by atoms with E-state index in [2.05, 4.69) is 56.4 Å². The van der Waals surface area contributed by atoms with Crippen molar-refractivity contribution in [2.24, 2.45) is 23.7 Å². The molecule has 35 heavy (non-hydrogen) atoms. The SMILES string of the molecule is CCC=CCCC=CCCC=C1CCC(CCCC=CCC)C2C(COP(=O)(O)CP(C)(=O)O)C12. The van der Waals surface area contributed by atoms with Crippen LogP contribution >= 0.6 is 15.0 Å². The van der Waals surface area contributed by atoms with Gasteiger partial charge in [0, 0.05) is 6.66 Å². The van der Waals surface area contributed by atoms with Gasteiger partial charge in [0.2, 0.25) is 7.37 Å². The fraction of sp³-hybridized carbons (Fsp3) is 0.714. The zero-order chi connectivity index (χ0) is 25.7. The van der Waals surface area contributed by atoms with Crippen molar-refractivity contribution in [1.29, 1.82) is 0 Å². The minimum Gasteiger partial charge on any atom is -0.344 e. The molecule has 0 bridgehead atoms. The lowest BCUT2D eigenvalue weighted by atomic mass is 9.82. The monoisotopic (exact) mass is 526 g/mol. The Hall–Kier alpha value is -0.700. The summed E-state index contributed by atoms with van der Waals surface area (Å²) in [5.74, 6) is 1.15. The minimum atomic E-state index is -4.05. The maximum atomic E-state index is 12.3. The molecule has 5 nitrogen and oxygen atoms in total. The second kappa shape index (κ2) is 15.5. The standard InChI is InChI=1S/C28H48O5P2/c1-4-6-8-10-11-12-13-15-17-19-25-21-20-24(18-16-14-9-7-5-2)27-26(28(25)27)22-33-35(31,32)23-34(3,29)30/h6-9,12-13,19,24,26-28H,4-5,10-11,14-18,20-23H2,1-3H3,(H,29,30)(H,31,32). The molecule has 0 aromatic carbocycles. The van der Waals surface area contributed by atoms with Gasteiger partial charge in [-0.25, -0.2) is 0 Å². The normalized spacial score (nSPS) is 29.1. The van der Waals surface area contributed by atoms with Crippen LogP contribution in [0.4, 0.5) is 0 Å². The fourth-order valence-corrected chi connectivity index (χ4v) is 8.89. The highest BCUT2D eigenvalue weighted by Gasteiger charge is 2.57. The van der Waals surface area contributed by atoms with E-state index in [0.717, 1.165) is 58.0 Å². The predicted octanol–water partition coefficient (Wildman–Crippen LogP) is 8.46. The summed E-state index contributed by atoms with van der Waals surface area (Å²) in [5.41, 5.74) is 1.49. The largest absolute Gasteiger partial charge is 0.344 e. The summed E-state index contributed by atoms with van der Waals surface area (Å²) in [4.78, 5) is 19.6. The summed E-state index contributed by atoms with van der Waals surface area (Å²) in [6.07, 6.45) is 28.1. The van der Waals surface area contributed by atoms with Gasteiger partial charge in [0.1, 0.15) is 5.90 Å². The fourth-order valence-electron chi connectivity index (χ4n) is 5.50. The van der Waals surface area contributed by atoms with Gasteiger partial charge in [-0.05, 0) is 94.3 Å². The van der Waals surface area contributed by atoms with Crippen LogP contribution in [0.25, 0.3) is 0 Å². The number of hydrogen-bond acceptors (Lipinski definition) is 3. The van der Waals surface area contributed by atoms with Crippen molar-refractivity contribution in [3.63, 3.8) is 0 Å². The average Bonchev–Trinajstić information content (AvgIpc) is 3.51. The Balaban J connectivity index is 1.91. The highest BCUT2D eigenvalue weighted by molar-refractivity contribution is 7.72. The van der Waals surface area contributed by atoms with Gasteiger partial charge < -0.3 is 14.3 Å². The van der Waals surface area contributed by atoms with E-state index in [9.17, 15) is 18.9 Å². The van der Waals surface area contributed by atoms with Crippen LogP contribution in [-0.4, -0.2) is 29.0 Å².